The predicted molar refractivity (Wildman–Crippen MR) is 185 cm³/mol. The molecule has 2 unspecified atom stereocenters. The highest BCUT2D eigenvalue weighted by molar-refractivity contribution is 5.97. The van der Waals surface area contributed by atoms with Crippen molar-refractivity contribution >= 4 is 52.3 Å². The van der Waals surface area contributed by atoms with Crippen molar-refractivity contribution in [2.45, 2.75) is 77.9 Å². The Labute approximate surface area is 296 Å². The van der Waals surface area contributed by atoms with Gasteiger partial charge in [0.1, 0.15) is 30.9 Å². The molecule has 1 aromatic carbocycles. The van der Waals surface area contributed by atoms with Crippen LogP contribution in [0.5, 0.6) is 0 Å². The molecule has 2 heterocycles. The second-order valence-corrected chi connectivity index (χ2v) is 12.6. The average molecular weight is 715 g/mol. The van der Waals surface area contributed by atoms with Crippen LogP contribution in [0, 0.1) is 11.8 Å². The minimum absolute atomic E-state index is 0.00660. The molecular formula is C34H50N8O9. The van der Waals surface area contributed by atoms with E-state index in [9.17, 15) is 38.7 Å². The third-order valence-corrected chi connectivity index (χ3v) is 8.93. The molecule has 51 heavy (non-hydrogen) atoms. The molecular weight excluding hydrogens is 664 g/mol. The van der Waals surface area contributed by atoms with Gasteiger partial charge >= 0.3 is 0 Å². The molecule has 1 aliphatic heterocycles. The number of nitrogens with zero attached hydrogens (tertiary/aromatic N) is 1. The molecule has 7 amide bonds. The number of aliphatic hydroxyl groups is 1. The third-order valence-electron chi connectivity index (χ3n) is 8.93. The molecule has 2 aromatic rings. The molecule has 280 valence electrons. The number of rotatable bonds is 9. The fourth-order valence-electron chi connectivity index (χ4n) is 5.53. The monoisotopic (exact) mass is 714 g/mol. The summed E-state index contributed by atoms with van der Waals surface area (Å²) in [6, 6.07) is 2.40. The molecule has 0 saturated carbocycles. The number of benzene rings is 1. The van der Waals surface area contributed by atoms with E-state index in [-0.39, 0.29) is 13.2 Å². The SMILES string of the molecule is CCC(C)[C@@H]1NC(=O)CNC(=O)CNC(=O)CNC(=O)[C@H](Cc2cn(COC)c3ccccc23)NC(=O)[C@H](C(C)CC)NC(=O)[C@H](CO)NC1=O. The number of methoxy groups -OCH3 is 1. The Morgan fingerprint density at radius 2 is 1.27 bits per heavy atom. The number of ether oxygens (including phenoxy) is 1. The highest BCUT2D eigenvalue weighted by Gasteiger charge is 2.34. The van der Waals surface area contributed by atoms with Crippen LogP contribution in [0.2, 0.25) is 0 Å². The largest absolute Gasteiger partial charge is 0.394 e. The van der Waals surface area contributed by atoms with Crippen LogP contribution in [0.15, 0.2) is 30.5 Å². The maximum Gasteiger partial charge on any atom is 0.245 e. The lowest BCUT2D eigenvalue weighted by molar-refractivity contribution is -0.136. The van der Waals surface area contributed by atoms with Crippen LogP contribution in [0.4, 0.5) is 0 Å². The number of hydrogen-bond acceptors (Lipinski definition) is 9. The van der Waals surface area contributed by atoms with Crippen LogP contribution in [0.1, 0.15) is 46.1 Å². The minimum atomic E-state index is -1.49. The number of hydrogen-bond donors (Lipinski definition) is 8. The van der Waals surface area contributed by atoms with Gasteiger partial charge in [-0.2, -0.15) is 0 Å². The Morgan fingerprint density at radius 3 is 1.86 bits per heavy atom. The Morgan fingerprint density at radius 1 is 0.725 bits per heavy atom. The van der Waals surface area contributed by atoms with Crippen LogP contribution in [-0.2, 0) is 51.5 Å². The van der Waals surface area contributed by atoms with E-state index in [0.717, 1.165) is 10.9 Å². The van der Waals surface area contributed by atoms with Crippen LogP contribution in [0.25, 0.3) is 10.9 Å². The number of amides is 7. The molecule has 17 nitrogen and oxygen atoms in total. The molecule has 3 rings (SSSR count). The summed E-state index contributed by atoms with van der Waals surface area (Å²) in [5, 5.41) is 28.5. The number of para-hydroxylation sites is 1. The lowest BCUT2D eigenvalue weighted by atomic mass is 9.96. The number of carbonyl (C=O) groups is 7. The maximum atomic E-state index is 13.9. The Kier molecular flexibility index (Phi) is 15.4. The van der Waals surface area contributed by atoms with Gasteiger partial charge in [-0.3, -0.25) is 33.6 Å². The Bertz CT molecular complexity index is 1580. The van der Waals surface area contributed by atoms with Crippen molar-refractivity contribution in [3.8, 4) is 0 Å². The molecule has 0 bridgehead atoms. The zero-order chi connectivity index (χ0) is 37.7. The zero-order valence-electron chi connectivity index (χ0n) is 29.7. The quantitative estimate of drug-likeness (QED) is 0.146. The summed E-state index contributed by atoms with van der Waals surface area (Å²) in [6.07, 6.45) is 2.69. The summed E-state index contributed by atoms with van der Waals surface area (Å²) >= 11 is 0. The van der Waals surface area contributed by atoms with E-state index in [1.54, 1.807) is 34.1 Å². The molecule has 0 radical (unpaired) electrons. The molecule has 1 fully saturated rings. The van der Waals surface area contributed by atoms with E-state index < -0.39 is 104 Å². The highest BCUT2D eigenvalue weighted by Crippen LogP contribution is 2.23. The van der Waals surface area contributed by atoms with Crippen LogP contribution >= 0.6 is 0 Å². The van der Waals surface area contributed by atoms with Crippen molar-refractivity contribution in [3.05, 3.63) is 36.0 Å². The van der Waals surface area contributed by atoms with Gasteiger partial charge < -0.3 is 51.6 Å². The van der Waals surface area contributed by atoms with Gasteiger partial charge in [-0.15, -0.1) is 0 Å². The van der Waals surface area contributed by atoms with Gasteiger partial charge in [0.25, 0.3) is 0 Å². The van der Waals surface area contributed by atoms with Crippen LogP contribution < -0.4 is 37.2 Å². The first-order valence-electron chi connectivity index (χ1n) is 17.0. The molecule has 8 N–H and O–H groups in total. The first kappa shape index (κ1) is 40.4. The molecule has 17 heteroatoms. The number of aromatic nitrogens is 1. The van der Waals surface area contributed by atoms with Gasteiger partial charge in [0.15, 0.2) is 0 Å². The summed E-state index contributed by atoms with van der Waals surface area (Å²) in [5.41, 5.74) is 1.52. The van der Waals surface area contributed by atoms with Gasteiger partial charge in [0.2, 0.25) is 41.4 Å². The lowest BCUT2D eigenvalue weighted by Gasteiger charge is -2.29. The standard InChI is InChI=1S/C34H50N8O9/c1-6-19(3)29-33(49)39-24(17-43)32(48)41-30(20(4)7-2)34(50)38-23(12-21-16-42(18-51-5)25-11-9-8-10-22(21)25)31(47)37-14-27(45)35-13-26(44)36-15-28(46)40-29/h8-11,16,19-20,23-24,29-30,43H,6-7,12-15,17-18H2,1-5H3,(H,35,45)(H,36,44)(H,37,47)(H,38,50)(H,39,49)(H,40,46)(H,41,48)/t19?,20?,23-,24-,29-,30-/m0/s1. The number of aliphatic hydroxyl groups excluding tert-OH is 1. The van der Waals surface area contributed by atoms with Crippen LogP contribution in [-0.4, -0.2) is 109 Å². The number of nitrogens with one attached hydrogen (secondary N) is 7. The molecule has 0 spiro atoms. The van der Waals surface area contributed by atoms with Crippen molar-refractivity contribution in [1.29, 1.82) is 0 Å². The normalized spacial score (nSPS) is 23.4. The van der Waals surface area contributed by atoms with Crippen molar-refractivity contribution in [3.63, 3.8) is 0 Å². The first-order chi connectivity index (χ1) is 24.3. The van der Waals surface area contributed by atoms with E-state index in [0.29, 0.717) is 18.4 Å². The smallest absolute Gasteiger partial charge is 0.245 e. The van der Waals surface area contributed by atoms with Gasteiger partial charge in [-0.05, 0) is 23.5 Å². The van der Waals surface area contributed by atoms with E-state index in [1.807, 2.05) is 35.8 Å². The Balaban J connectivity index is 1.99. The van der Waals surface area contributed by atoms with Gasteiger partial charge in [0.05, 0.1) is 31.8 Å². The molecule has 1 aromatic heterocycles. The van der Waals surface area contributed by atoms with Gasteiger partial charge in [-0.25, -0.2) is 0 Å². The summed E-state index contributed by atoms with van der Waals surface area (Å²) in [6.45, 7) is 4.90. The molecule has 1 saturated heterocycles. The van der Waals surface area contributed by atoms with E-state index >= 15 is 0 Å². The Hall–Kier alpha value is -5.03. The predicted octanol–water partition coefficient (Wildman–Crippen LogP) is -1.83. The first-order valence-corrected chi connectivity index (χ1v) is 17.0. The second-order valence-electron chi connectivity index (χ2n) is 12.6. The van der Waals surface area contributed by atoms with Crippen molar-refractivity contribution in [2.24, 2.45) is 11.8 Å². The van der Waals surface area contributed by atoms with E-state index in [1.165, 1.54) is 0 Å². The summed E-state index contributed by atoms with van der Waals surface area (Å²) in [4.78, 5) is 92.0. The summed E-state index contributed by atoms with van der Waals surface area (Å²) in [5.74, 6) is -6.02. The lowest BCUT2D eigenvalue weighted by Crippen LogP contribution is -2.61. The highest BCUT2D eigenvalue weighted by atomic mass is 16.5. The summed E-state index contributed by atoms with van der Waals surface area (Å²) < 4.78 is 7.17. The van der Waals surface area contributed by atoms with Gasteiger partial charge in [0, 0.05) is 25.1 Å². The summed E-state index contributed by atoms with van der Waals surface area (Å²) in [7, 11) is 1.55. The fraction of sp³-hybridized carbons (Fsp3) is 0.559. The van der Waals surface area contributed by atoms with E-state index in [4.69, 9.17) is 4.74 Å². The zero-order valence-corrected chi connectivity index (χ0v) is 29.7. The van der Waals surface area contributed by atoms with Crippen molar-refractivity contribution in [2.75, 3.05) is 33.4 Å². The van der Waals surface area contributed by atoms with E-state index in [2.05, 4.69) is 37.2 Å². The maximum absolute atomic E-state index is 13.9. The van der Waals surface area contributed by atoms with Gasteiger partial charge in [-0.1, -0.05) is 58.7 Å². The topological polar surface area (TPSA) is 238 Å². The fourth-order valence-corrected chi connectivity index (χ4v) is 5.53. The average Bonchev–Trinajstić information content (AvgIpc) is 3.47. The molecule has 1 aliphatic rings. The van der Waals surface area contributed by atoms with Crippen molar-refractivity contribution in [1.82, 2.24) is 41.8 Å². The number of carbonyl (C=O) groups excluding carboxylic acids is 7. The minimum Gasteiger partial charge on any atom is -0.394 e. The second kappa shape index (κ2) is 19.4. The van der Waals surface area contributed by atoms with Crippen LogP contribution in [0.3, 0.4) is 0 Å². The van der Waals surface area contributed by atoms with Crippen molar-refractivity contribution < 1.29 is 43.4 Å². The number of fused-ring (bicyclic) bond motifs is 1. The molecule has 6 atom stereocenters. The molecule has 0 aliphatic carbocycles. The third kappa shape index (κ3) is 11.2.